The van der Waals surface area contributed by atoms with Crippen LogP contribution in [0.3, 0.4) is 0 Å². The number of ether oxygens (including phenoxy) is 3. The molecule has 0 aliphatic rings. The summed E-state index contributed by atoms with van der Waals surface area (Å²) in [4.78, 5) is 14.1. The van der Waals surface area contributed by atoms with Crippen LogP contribution in [0.15, 0.2) is 42.0 Å². The molecule has 0 saturated carbocycles. The molecule has 0 aromatic heterocycles. The first kappa shape index (κ1) is 24.7. The van der Waals surface area contributed by atoms with Crippen molar-refractivity contribution in [2.24, 2.45) is 0 Å². The van der Waals surface area contributed by atoms with Crippen LogP contribution in [0.5, 0.6) is 11.5 Å². The van der Waals surface area contributed by atoms with Crippen molar-refractivity contribution in [2.75, 3.05) is 27.4 Å². The second kappa shape index (κ2) is 11.6. The number of hydrogen-bond donors (Lipinski definition) is 1. The summed E-state index contributed by atoms with van der Waals surface area (Å²) in [5.41, 5.74) is 1.57. The van der Waals surface area contributed by atoms with E-state index in [4.69, 9.17) is 14.2 Å². The number of benzene rings is 1. The van der Waals surface area contributed by atoms with Crippen LogP contribution in [0, 0.1) is 0 Å². The van der Waals surface area contributed by atoms with Gasteiger partial charge in [-0.3, -0.25) is 4.90 Å². The highest BCUT2D eigenvalue weighted by Gasteiger charge is 2.19. The van der Waals surface area contributed by atoms with Crippen LogP contribution in [-0.4, -0.2) is 55.0 Å². The molecule has 162 valence electrons. The quantitative estimate of drug-likeness (QED) is 0.363. The van der Waals surface area contributed by atoms with Crippen molar-refractivity contribution in [2.45, 2.75) is 52.8 Å². The zero-order valence-corrected chi connectivity index (χ0v) is 18.7. The van der Waals surface area contributed by atoms with Gasteiger partial charge in [-0.25, -0.2) is 4.79 Å². The molecule has 1 rings (SSSR count). The third kappa shape index (κ3) is 9.15. The number of carbonyl (C=O) groups excluding carboxylic acids is 1. The van der Waals surface area contributed by atoms with E-state index in [1.165, 1.54) is 11.6 Å². The van der Waals surface area contributed by atoms with Crippen molar-refractivity contribution in [1.29, 1.82) is 0 Å². The summed E-state index contributed by atoms with van der Waals surface area (Å²) in [5.74, 6) is 0.990. The molecule has 0 radical (unpaired) electrons. The largest absolute Gasteiger partial charge is 0.497 e. The summed E-state index contributed by atoms with van der Waals surface area (Å²) < 4.78 is 16.1. The van der Waals surface area contributed by atoms with Crippen molar-refractivity contribution in [1.82, 2.24) is 4.90 Å². The van der Waals surface area contributed by atoms with E-state index >= 15 is 0 Å². The van der Waals surface area contributed by atoms with E-state index in [0.717, 1.165) is 5.56 Å². The van der Waals surface area contributed by atoms with Crippen LogP contribution in [0.4, 0.5) is 0 Å². The van der Waals surface area contributed by atoms with E-state index in [1.54, 1.807) is 20.3 Å². The summed E-state index contributed by atoms with van der Waals surface area (Å²) in [6, 6.07) is 5.30. The topological polar surface area (TPSA) is 68.2 Å². The minimum atomic E-state index is -0.561. The Bertz CT molecular complexity index is 714. The third-order valence-corrected chi connectivity index (χ3v) is 4.12. The van der Waals surface area contributed by atoms with Crippen molar-refractivity contribution >= 4 is 5.97 Å². The molecule has 0 bridgehead atoms. The van der Waals surface area contributed by atoms with Gasteiger partial charge in [0.15, 0.2) is 0 Å². The smallest absolute Gasteiger partial charge is 0.330 e. The Morgan fingerprint density at radius 3 is 2.41 bits per heavy atom. The molecule has 0 unspecified atom stereocenters. The van der Waals surface area contributed by atoms with Gasteiger partial charge in [0, 0.05) is 30.8 Å². The Hall–Kier alpha value is -2.31. The Morgan fingerprint density at radius 2 is 1.90 bits per heavy atom. The van der Waals surface area contributed by atoms with Crippen LogP contribution in [-0.2, 0) is 16.1 Å². The van der Waals surface area contributed by atoms with E-state index in [1.807, 2.05) is 52.8 Å². The number of aliphatic hydroxyl groups is 1. The Labute approximate surface area is 174 Å². The molecule has 0 aliphatic heterocycles. The van der Waals surface area contributed by atoms with Gasteiger partial charge in [-0.1, -0.05) is 23.8 Å². The summed E-state index contributed by atoms with van der Waals surface area (Å²) in [6.45, 7) is 10.5. The molecule has 0 saturated heterocycles. The number of carbonyl (C=O) groups is 1. The minimum Gasteiger partial charge on any atom is -0.497 e. The SMILES string of the molecule is COc1ccc(CN(CC=C(C)C)[C@@H](/C=C/C(=O)OC(C)(C)C)CO)c(OC)c1. The van der Waals surface area contributed by atoms with Crippen LogP contribution in [0.25, 0.3) is 0 Å². The van der Waals surface area contributed by atoms with E-state index < -0.39 is 11.6 Å². The molecule has 6 nitrogen and oxygen atoms in total. The molecule has 1 atom stereocenters. The number of hydrogen-bond acceptors (Lipinski definition) is 6. The average Bonchev–Trinajstić information content (AvgIpc) is 2.64. The second-order valence-electron chi connectivity index (χ2n) is 8.03. The molecule has 1 N–H and O–H groups in total. The Balaban J connectivity index is 3.09. The van der Waals surface area contributed by atoms with Gasteiger partial charge in [0.2, 0.25) is 0 Å². The molecular weight excluding hydrogens is 370 g/mol. The van der Waals surface area contributed by atoms with E-state index in [-0.39, 0.29) is 12.6 Å². The molecule has 1 aromatic carbocycles. The number of aliphatic hydroxyl groups excluding tert-OH is 1. The summed E-state index contributed by atoms with van der Waals surface area (Å²) >= 11 is 0. The van der Waals surface area contributed by atoms with Gasteiger partial charge in [0.05, 0.1) is 26.9 Å². The monoisotopic (exact) mass is 405 g/mol. The zero-order chi connectivity index (χ0) is 22.0. The van der Waals surface area contributed by atoms with Crippen molar-refractivity contribution in [3.8, 4) is 11.5 Å². The lowest BCUT2D eigenvalue weighted by molar-refractivity contribution is -0.148. The summed E-state index contributed by atoms with van der Waals surface area (Å²) in [5, 5.41) is 9.98. The van der Waals surface area contributed by atoms with Crippen molar-refractivity contribution in [3.63, 3.8) is 0 Å². The van der Waals surface area contributed by atoms with Crippen molar-refractivity contribution < 1.29 is 24.1 Å². The van der Waals surface area contributed by atoms with Crippen LogP contribution >= 0.6 is 0 Å². The number of methoxy groups -OCH3 is 2. The lowest BCUT2D eigenvalue weighted by Crippen LogP contribution is -2.36. The number of allylic oxidation sites excluding steroid dienone is 1. The molecule has 29 heavy (non-hydrogen) atoms. The fourth-order valence-electron chi connectivity index (χ4n) is 2.64. The van der Waals surface area contributed by atoms with Gasteiger partial charge in [-0.15, -0.1) is 0 Å². The first-order valence-corrected chi connectivity index (χ1v) is 9.70. The van der Waals surface area contributed by atoms with Gasteiger partial charge < -0.3 is 19.3 Å². The normalized spacial score (nSPS) is 12.7. The van der Waals surface area contributed by atoms with Gasteiger partial charge >= 0.3 is 5.97 Å². The molecule has 0 fully saturated rings. The fraction of sp³-hybridized carbons (Fsp3) is 0.522. The van der Waals surface area contributed by atoms with Crippen LogP contribution in [0.1, 0.15) is 40.2 Å². The first-order chi connectivity index (χ1) is 13.6. The highest BCUT2D eigenvalue weighted by Crippen LogP contribution is 2.26. The highest BCUT2D eigenvalue weighted by atomic mass is 16.6. The van der Waals surface area contributed by atoms with Gasteiger partial charge in [-0.05, 0) is 40.7 Å². The van der Waals surface area contributed by atoms with Gasteiger partial charge in [0.25, 0.3) is 0 Å². The fourth-order valence-corrected chi connectivity index (χ4v) is 2.64. The predicted octanol–water partition coefficient (Wildman–Crippen LogP) is 3.73. The van der Waals surface area contributed by atoms with E-state index in [9.17, 15) is 9.90 Å². The lowest BCUT2D eigenvalue weighted by atomic mass is 10.1. The zero-order valence-electron chi connectivity index (χ0n) is 18.7. The average molecular weight is 406 g/mol. The first-order valence-electron chi connectivity index (χ1n) is 9.70. The maximum atomic E-state index is 12.0. The lowest BCUT2D eigenvalue weighted by Gasteiger charge is -2.28. The molecule has 0 spiro atoms. The third-order valence-electron chi connectivity index (χ3n) is 4.12. The second-order valence-corrected chi connectivity index (χ2v) is 8.03. The van der Waals surface area contributed by atoms with Crippen LogP contribution < -0.4 is 9.47 Å². The molecule has 0 heterocycles. The van der Waals surface area contributed by atoms with Gasteiger partial charge in [0.1, 0.15) is 17.1 Å². The molecule has 1 aromatic rings. The van der Waals surface area contributed by atoms with E-state index in [0.29, 0.717) is 24.6 Å². The minimum absolute atomic E-state index is 0.131. The Morgan fingerprint density at radius 1 is 1.21 bits per heavy atom. The molecule has 6 heteroatoms. The number of nitrogens with zero attached hydrogens (tertiary/aromatic N) is 1. The highest BCUT2D eigenvalue weighted by molar-refractivity contribution is 5.82. The number of esters is 1. The molecule has 0 aliphatic carbocycles. The Kier molecular flexibility index (Phi) is 9.92. The molecule has 0 amide bonds. The summed E-state index contributed by atoms with van der Waals surface area (Å²) in [7, 11) is 3.23. The van der Waals surface area contributed by atoms with Crippen LogP contribution in [0.2, 0.25) is 0 Å². The molecular formula is C23H35NO5. The maximum absolute atomic E-state index is 12.0. The number of rotatable bonds is 10. The van der Waals surface area contributed by atoms with Crippen molar-refractivity contribution in [3.05, 3.63) is 47.6 Å². The summed E-state index contributed by atoms with van der Waals surface area (Å²) in [6.07, 6.45) is 5.15. The van der Waals surface area contributed by atoms with E-state index in [2.05, 4.69) is 11.0 Å². The maximum Gasteiger partial charge on any atom is 0.330 e. The van der Waals surface area contributed by atoms with Gasteiger partial charge in [-0.2, -0.15) is 0 Å². The predicted molar refractivity (Wildman–Crippen MR) is 115 cm³/mol. The standard InChI is InChI=1S/C23H35NO5/c1-17(2)12-13-24(15-18-8-10-20(27-6)14-21(18)28-7)19(16-25)9-11-22(26)29-23(3,4)5/h8-12,14,19,25H,13,15-16H2,1-7H3/b11-9+/t19-/m0/s1.